The van der Waals surface area contributed by atoms with Gasteiger partial charge in [-0.05, 0) is 50.8 Å². The Bertz CT molecular complexity index is 888. The Morgan fingerprint density at radius 1 is 1.07 bits per heavy atom. The Morgan fingerprint density at radius 2 is 1.82 bits per heavy atom. The molecule has 1 N–H and O–H groups in total. The monoisotopic (exact) mass is 379 g/mol. The number of nitrogens with zero attached hydrogens (tertiary/aromatic N) is 2. The van der Waals surface area contributed by atoms with E-state index in [4.69, 9.17) is 0 Å². The first-order valence-electron chi connectivity index (χ1n) is 10.3. The van der Waals surface area contributed by atoms with Crippen LogP contribution in [0.4, 0.5) is 0 Å². The number of benzene rings is 1. The molecule has 1 unspecified atom stereocenters. The highest BCUT2D eigenvalue weighted by atomic mass is 16.2. The molecule has 2 aromatic rings. The molecule has 1 atom stereocenters. The van der Waals surface area contributed by atoms with Crippen molar-refractivity contribution in [3.05, 3.63) is 69.6 Å². The molecule has 5 nitrogen and oxygen atoms in total. The molecular weight excluding hydrogens is 350 g/mol. The number of hydrogen-bond donors (Lipinski definition) is 1. The number of piperidine rings is 2. The fourth-order valence-corrected chi connectivity index (χ4v) is 4.99. The largest absolute Gasteiger partial charge is 0.338 e. The molecule has 2 saturated heterocycles. The molecule has 4 rings (SSSR count). The number of nitrogens with one attached hydrogen (secondary N) is 1. The van der Waals surface area contributed by atoms with Crippen molar-refractivity contribution < 1.29 is 4.79 Å². The lowest BCUT2D eigenvalue weighted by Gasteiger charge is -2.48. The molecule has 2 fully saturated rings. The lowest BCUT2D eigenvalue weighted by Crippen LogP contribution is -2.53. The average molecular weight is 380 g/mol. The van der Waals surface area contributed by atoms with Gasteiger partial charge in [0.05, 0.1) is 0 Å². The molecule has 2 aliphatic heterocycles. The van der Waals surface area contributed by atoms with Gasteiger partial charge in [0.1, 0.15) is 0 Å². The second-order valence-electron chi connectivity index (χ2n) is 8.55. The van der Waals surface area contributed by atoms with Crippen LogP contribution in [0.15, 0.2) is 47.3 Å². The summed E-state index contributed by atoms with van der Waals surface area (Å²) >= 11 is 0. The fraction of sp³-hybridized carbons (Fsp3) is 0.478. The number of H-pyrrole nitrogens is 1. The van der Waals surface area contributed by atoms with E-state index < -0.39 is 0 Å². The van der Waals surface area contributed by atoms with E-state index in [9.17, 15) is 9.59 Å². The van der Waals surface area contributed by atoms with Gasteiger partial charge in [0.25, 0.3) is 5.91 Å². The van der Waals surface area contributed by atoms with Gasteiger partial charge in [-0.15, -0.1) is 0 Å². The minimum absolute atomic E-state index is 0.00606. The maximum absolute atomic E-state index is 13.1. The number of aromatic nitrogens is 1. The first-order chi connectivity index (χ1) is 13.5. The van der Waals surface area contributed by atoms with E-state index in [1.54, 1.807) is 6.07 Å². The summed E-state index contributed by atoms with van der Waals surface area (Å²) < 4.78 is 0. The number of aromatic amines is 1. The first kappa shape index (κ1) is 18.9. The number of likely N-dealkylation sites (tertiary alicyclic amines) is 2. The summed E-state index contributed by atoms with van der Waals surface area (Å²) in [5.41, 5.74) is 2.56. The molecular formula is C23H29N3O2. The number of pyridine rings is 1. The van der Waals surface area contributed by atoms with E-state index in [2.05, 4.69) is 40.2 Å². The molecule has 0 aliphatic carbocycles. The van der Waals surface area contributed by atoms with Crippen LogP contribution in [0.2, 0.25) is 0 Å². The number of carbonyl (C=O) groups excluding carboxylic acids is 1. The zero-order chi connectivity index (χ0) is 19.6. The molecule has 1 aromatic carbocycles. The smallest absolute Gasteiger partial charge is 0.254 e. The molecule has 148 valence electrons. The van der Waals surface area contributed by atoms with Crippen molar-refractivity contribution in [3.8, 4) is 0 Å². The van der Waals surface area contributed by atoms with Crippen molar-refractivity contribution in [2.24, 2.45) is 5.41 Å². The van der Waals surface area contributed by atoms with Crippen LogP contribution in [0.25, 0.3) is 0 Å². The minimum atomic E-state index is -0.207. The molecule has 1 amide bonds. The lowest BCUT2D eigenvalue weighted by atomic mass is 9.73. The number of aryl methyl sites for hydroxylation is 1. The van der Waals surface area contributed by atoms with Crippen LogP contribution in [0, 0.1) is 12.3 Å². The molecule has 0 saturated carbocycles. The quantitative estimate of drug-likeness (QED) is 0.891. The average Bonchev–Trinajstić information content (AvgIpc) is 2.67. The third kappa shape index (κ3) is 4.20. The Balaban J connectivity index is 1.47. The standard InChI is InChI=1S/C23H29N3O2/c1-18-13-20(14-21(27)24-18)22(28)26-12-6-10-23(17-26)9-5-11-25(16-23)15-19-7-3-2-4-8-19/h2-4,7-8,13-14H,5-6,9-12,15-17H2,1H3,(H,24,27). The third-order valence-electron chi connectivity index (χ3n) is 6.16. The number of rotatable bonds is 3. The van der Waals surface area contributed by atoms with Crippen molar-refractivity contribution in [2.75, 3.05) is 26.2 Å². The van der Waals surface area contributed by atoms with E-state index in [0.29, 0.717) is 5.56 Å². The summed E-state index contributed by atoms with van der Waals surface area (Å²) in [6.07, 6.45) is 4.57. The van der Waals surface area contributed by atoms with Gasteiger partial charge < -0.3 is 9.88 Å². The Kier molecular flexibility index (Phi) is 5.36. The lowest BCUT2D eigenvalue weighted by molar-refractivity contribution is 0.0113. The first-order valence-corrected chi connectivity index (χ1v) is 10.3. The van der Waals surface area contributed by atoms with Gasteiger partial charge in [-0.2, -0.15) is 0 Å². The summed E-state index contributed by atoms with van der Waals surface area (Å²) in [7, 11) is 0. The normalized spacial score (nSPS) is 23.1. The summed E-state index contributed by atoms with van der Waals surface area (Å²) in [5.74, 6) is -0.00606. The summed E-state index contributed by atoms with van der Waals surface area (Å²) in [4.78, 5) is 32.1. The van der Waals surface area contributed by atoms with Gasteiger partial charge >= 0.3 is 0 Å². The maximum Gasteiger partial charge on any atom is 0.254 e. The summed E-state index contributed by atoms with van der Waals surface area (Å²) in [6.45, 7) is 6.54. The second kappa shape index (κ2) is 7.92. The molecule has 5 heteroatoms. The predicted molar refractivity (Wildman–Crippen MR) is 110 cm³/mol. The van der Waals surface area contributed by atoms with Crippen molar-refractivity contribution in [2.45, 2.75) is 39.2 Å². The summed E-state index contributed by atoms with van der Waals surface area (Å²) in [5, 5.41) is 0. The topological polar surface area (TPSA) is 56.4 Å². The van der Waals surface area contributed by atoms with Crippen LogP contribution in [0.5, 0.6) is 0 Å². The highest BCUT2D eigenvalue weighted by Crippen LogP contribution is 2.39. The van der Waals surface area contributed by atoms with Crippen LogP contribution in [0.3, 0.4) is 0 Å². The van der Waals surface area contributed by atoms with E-state index in [1.807, 2.05) is 11.8 Å². The molecule has 28 heavy (non-hydrogen) atoms. The molecule has 0 bridgehead atoms. The van der Waals surface area contributed by atoms with E-state index in [1.165, 1.54) is 30.9 Å². The van der Waals surface area contributed by atoms with E-state index in [0.717, 1.165) is 44.8 Å². The van der Waals surface area contributed by atoms with Gasteiger partial charge in [-0.25, -0.2) is 0 Å². The van der Waals surface area contributed by atoms with Crippen molar-refractivity contribution in [1.82, 2.24) is 14.8 Å². The molecule has 1 aromatic heterocycles. The zero-order valence-corrected chi connectivity index (χ0v) is 16.6. The van der Waals surface area contributed by atoms with Crippen molar-refractivity contribution in [1.29, 1.82) is 0 Å². The predicted octanol–water partition coefficient (Wildman–Crippen LogP) is 3.20. The van der Waals surface area contributed by atoms with Crippen LogP contribution in [0.1, 0.15) is 47.3 Å². The minimum Gasteiger partial charge on any atom is -0.338 e. The number of hydrogen-bond acceptors (Lipinski definition) is 3. The fourth-order valence-electron chi connectivity index (χ4n) is 4.99. The number of carbonyl (C=O) groups is 1. The zero-order valence-electron chi connectivity index (χ0n) is 16.6. The summed E-state index contributed by atoms with van der Waals surface area (Å²) in [6, 6.07) is 13.8. The van der Waals surface area contributed by atoms with Gasteiger partial charge in [-0.3, -0.25) is 14.5 Å². The molecule has 1 spiro atoms. The van der Waals surface area contributed by atoms with Gasteiger partial charge in [-0.1, -0.05) is 30.3 Å². The van der Waals surface area contributed by atoms with Crippen LogP contribution in [-0.4, -0.2) is 46.9 Å². The van der Waals surface area contributed by atoms with Gasteiger partial charge in [0.15, 0.2) is 0 Å². The Labute approximate surface area is 166 Å². The highest BCUT2D eigenvalue weighted by Gasteiger charge is 2.40. The van der Waals surface area contributed by atoms with Crippen molar-refractivity contribution in [3.63, 3.8) is 0 Å². The van der Waals surface area contributed by atoms with E-state index >= 15 is 0 Å². The highest BCUT2D eigenvalue weighted by molar-refractivity contribution is 5.94. The molecule has 2 aliphatic rings. The molecule has 0 radical (unpaired) electrons. The van der Waals surface area contributed by atoms with Crippen LogP contribution >= 0.6 is 0 Å². The SMILES string of the molecule is Cc1cc(C(=O)N2CCCC3(CCCN(Cc4ccccc4)C3)C2)cc(=O)[nH]1. The van der Waals surface area contributed by atoms with Gasteiger partial charge in [0, 0.05) is 48.9 Å². The Hall–Kier alpha value is -2.40. The van der Waals surface area contributed by atoms with Crippen LogP contribution < -0.4 is 5.56 Å². The van der Waals surface area contributed by atoms with E-state index in [-0.39, 0.29) is 16.9 Å². The van der Waals surface area contributed by atoms with Crippen molar-refractivity contribution >= 4 is 5.91 Å². The third-order valence-corrected chi connectivity index (χ3v) is 6.16. The Morgan fingerprint density at radius 3 is 2.57 bits per heavy atom. The molecule has 3 heterocycles. The maximum atomic E-state index is 13.1. The van der Waals surface area contributed by atoms with Crippen LogP contribution in [-0.2, 0) is 6.54 Å². The van der Waals surface area contributed by atoms with Gasteiger partial charge in [0.2, 0.25) is 5.56 Å². The second-order valence-corrected chi connectivity index (χ2v) is 8.55. The number of amides is 1.